The second kappa shape index (κ2) is 4.01. The van der Waals surface area contributed by atoms with Crippen molar-refractivity contribution in [2.24, 2.45) is 5.41 Å². The molecular weight excluding hydrogens is 226 g/mol. The van der Waals surface area contributed by atoms with Crippen molar-refractivity contribution in [2.45, 2.75) is 32.1 Å². The number of hydrogen-bond acceptors (Lipinski definition) is 2. The largest absolute Gasteiger partial charge is 0.481 e. The third kappa shape index (κ3) is 1.88. The number of carboxylic acid groups (broad SMARTS) is 1. The van der Waals surface area contributed by atoms with Crippen LogP contribution in [0.4, 0.5) is 5.69 Å². The predicted octanol–water partition coefficient (Wildman–Crippen LogP) is 2.48. The van der Waals surface area contributed by atoms with Gasteiger partial charge in [0, 0.05) is 19.3 Å². The number of benzene rings is 1. The van der Waals surface area contributed by atoms with E-state index in [2.05, 4.69) is 23.1 Å². The zero-order valence-corrected chi connectivity index (χ0v) is 10.8. The van der Waals surface area contributed by atoms with E-state index in [1.807, 2.05) is 7.05 Å². The number of rotatable bonds is 4. The highest BCUT2D eigenvalue weighted by Crippen LogP contribution is 2.46. The maximum atomic E-state index is 11.2. The molecule has 0 aromatic heterocycles. The molecule has 1 fully saturated rings. The Kier molecular flexibility index (Phi) is 2.58. The van der Waals surface area contributed by atoms with Crippen molar-refractivity contribution in [1.29, 1.82) is 0 Å². The van der Waals surface area contributed by atoms with Gasteiger partial charge in [-0.25, -0.2) is 0 Å². The van der Waals surface area contributed by atoms with Crippen molar-refractivity contribution in [3.63, 3.8) is 0 Å². The summed E-state index contributed by atoms with van der Waals surface area (Å²) in [5.74, 6) is -0.643. The molecule has 0 heterocycles. The molecule has 0 saturated heterocycles. The molecule has 0 unspecified atom stereocenters. The highest BCUT2D eigenvalue weighted by Gasteiger charge is 2.50. The lowest BCUT2D eigenvalue weighted by atomic mass is 10.1. The number of carboxylic acids is 1. The lowest BCUT2D eigenvalue weighted by Gasteiger charge is -2.23. The first-order chi connectivity index (χ1) is 8.61. The number of aliphatic carboxylic acids is 1. The molecular formula is C15H19NO2. The van der Waals surface area contributed by atoms with Gasteiger partial charge in [-0.15, -0.1) is 0 Å². The van der Waals surface area contributed by atoms with E-state index >= 15 is 0 Å². The smallest absolute Gasteiger partial charge is 0.311 e. The van der Waals surface area contributed by atoms with Gasteiger partial charge in [0.2, 0.25) is 0 Å². The van der Waals surface area contributed by atoms with E-state index < -0.39 is 11.4 Å². The Morgan fingerprint density at radius 3 is 2.72 bits per heavy atom. The molecule has 3 heteroatoms. The van der Waals surface area contributed by atoms with Crippen LogP contribution in [0, 0.1) is 5.41 Å². The van der Waals surface area contributed by atoms with Gasteiger partial charge in [-0.1, -0.05) is 6.07 Å². The Morgan fingerprint density at radius 1 is 1.33 bits per heavy atom. The van der Waals surface area contributed by atoms with Gasteiger partial charge >= 0.3 is 5.97 Å². The molecule has 0 aliphatic heterocycles. The molecule has 0 radical (unpaired) electrons. The highest BCUT2D eigenvalue weighted by molar-refractivity contribution is 5.78. The van der Waals surface area contributed by atoms with Crippen LogP contribution in [0.15, 0.2) is 18.2 Å². The number of nitrogens with zero attached hydrogens (tertiary/aromatic N) is 1. The summed E-state index contributed by atoms with van der Waals surface area (Å²) in [7, 11) is 2.00. The summed E-state index contributed by atoms with van der Waals surface area (Å²) < 4.78 is 0. The van der Waals surface area contributed by atoms with Gasteiger partial charge in [0.1, 0.15) is 0 Å². The summed E-state index contributed by atoms with van der Waals surface area (Å²) in [5, 5.41) is 9.23. The molecule has 1 aromatic rings. The zero-order valence-electron chi connectivity index (χ0n) is 10.8. The number of aryl methyl sites for hydroxylation is 2. The van der Waals surface area contributed by atoms with Crippen LogP contribution in [0.2, 0.25) is 0 Å². The highest BCUT2D eigenvalue weighted by atomic mass is 16.4. The topological polar surface area (TPSA) is 40.5 Å². The van der Waals surface area contributed by atoms with Crippen molar-refractivity contribution in [1.82, 2.24) is 0 Å². The standard InChI is InChI=1S/C15H19NO2/c1-16(10-15(7-8-15)14(17)18)13-6-5-11-3-2-4-12(11)9-13/h5-6,9H,2-4,7-8,10H2,1H3,(H,17,18). The first-order valence-corrected chi connectivity index (χ1v) is 6.67. The molecule has 1 aromatic carbocycles. The number of fused-ring (bicyclic) bond motifs is 1. The second-order valence-electron chi connectivity index (χ2n) is 5.75. The minimum Gasteiger partial charge on any atom is -0.481 e. The molecule has 96 valence electrons. The van der Waals surface area contributed by atoms with Crippen molar-refractivity contribution in [3.05, 3.63) is 29.3 Å². The fourth-order valence-electron chi connectivity index (χ4n) is 2.93. The van der Waals surface area contributed by atoms with E-state index in [0.29, 0.717) is 6.54 Å². The molecule has 2 aliphatic carbocycles. The summed E-state index contributed by atoms with van der Waals surface area (Å²) in [6.45, 7) is 0.626. The van der Waals surface area contributed by atoms with Gasteiger partial charge in [-0.05, 0) is 55.4 Å². The molecule has 2 aliphatic rings. The molecule has 0 bridgehead atoms. The fourth-order valence-corrected chi connectivity index (χ4v) is 2.93. The third-order valence-electron chi connectivity index (χ3n) is 4.37. The van der Waals surface area contributed by atoms with Crippen molar-refractivity contribution < 1.29 is 9.90 Å². The van der Waals surface area contributed by atoms with E-state index in [9.17, 15) is 9.90 Å². The van der Waals surface area contributed by atoms with E-state index in [-0.39, 0.29) is 0 Å². The van der Waals surface area contributed by atoms with Gasteiger partial charge in [-0.3, -0.25) is 4.79 Å². The molecule has 1 N–H and O–H groups in total. The third-order valence-corrected chi connectivity index (χ3v) is 4.37. The Bertz CT molecular complexity index is 491. The monoisotopic (exact) mass is 245 g/mol. The lowest BCUT2D eigenvalue weighted by molar-refractivity contribution is -0.142. The Balaban J connectivity index is 1.77. The Morgan fingerprint density at radius 2 is 2.06 bits per heavy atom. The van der Waals surface area contributed by atoms with E-state index in [0.717, 1.165) is 18.5 Å². The second-order valence-corrected chi connectivity index (χ2v) is 5.75. The van der Waals surface area contributed by atoms with Gasteiger partial charge < -0.3 is 10.0 Å². The summed E-state index contributed by atoms with van der Waals surface area (Å²) in [6, 6.07) is 6.57. The molecule has 0 spiro atoms. The summed E-state index contributed by atoms with van der Waals surface area (Å²) in [4.78, 5) is 13.3. The summed E-state index contributed by atoms with van der Waals surface area (Å²) in [6.07, 6.45) is 5.25. The Labute approximate surface area is 107 Å². The normalized spacial score (nSPS) is 19.4. The van der Waals surface area contributed by atoms with Crippen LogP contribution in [0.1, 0.15) is 30.4 Å². The first-order valence-electron chi connectivity index (χ1n) is 6.67. The maximum absolute atomic E-state index is 11.2. The van der Waals surface area contributed by atoms with Crippen LogP contribution in [-0.4, -0.2) is 24.7 Å². The Hall–Kier alpha value is -1.51. The summed E-state index contributed by atoms with van der Waals surface area (Å²) >= 11 is 0. The number of anilines is 1. The molecule has 3 rings (SSSR count). The van der Waals surface area contributed by atoms with E-state index in [4.69, 9.17) is 0 Å². The molecule has 3 nitrogen and oxygen atoms in total. The van der Waals surface area contributed by atoms with Gasteiger partial charge in [-0.2, -0.15) is 0 Å². The molecule has 1 saturated carbocycles. The molecule has 0 amide bonds. The SMILES string of the molecule is CN(CC1(C(=O)O)CC1)c1ccc2c(c1)CCC2. The minimum absolute atomic E-state index is 0.478. The molecule has 18 heavy (non-hydrogen) atoms. The van der Waals surface area contributed by atoms with Crippen LogP contribution in [0.5, 0.6) is 0 Å². The van der Waals surface area contributed by atoms with Crippen LogP contribution in [0.3, 0.4) is 0 Å². The van der Waals surface area contributed by atoms with Gasteiger partial charge in [0.05, 0.1) is 5.41 Å². The van der Waals surface area contributed by atoms with E-state index in [1.165, 1.54) is 30.4 Å². The lowest BCUT2D eigenvalue weighted by Crippen LogP contribution is -2.31. The molecule has 0 atom stereocenters. The van der Waals surface area contributed by atoms with Crippen molar-refractivity contribution in [3.8, 4) is 0 Å². The van der Waals surface area contributed by atoms with Crippen molar-refractivity contribution >= 4 is 11.7 Å². The van der Waals surface area contributed by atoms with Crippen molar-refractivity contribution in [2.75, 3.05) is 18.5 Å². The fraction of sp³-hybridized carbons (Fsp3) is 0.533. The quantitative estimate of drug-likeness (QED) is 0.886. The van der Waals surface area contributed by atoms with Gasteiger partial charge in [0.25, 0.3) is 0 Å². The van der Waals surface area contributed by atoms with Crippen LogP contribution in [0.25, 0.3) is 0 Å². The zero-order chi connectivity index (χ0) is 12.8. The summed E-state index contributed by atoms with van der Waals surface area (Å²) in [5.41, 5.74) is 3.59. The van der Waals surface area contributed by atoms with Crippen LogP contribution in [-0.2, 0) is 17.6 Å². The number of carbonyl (C=O) groups is 1. The maximum Gasteiger partial charge on any atom is 0.311 e. The average molecular weight is 245 g/mol. The first kappa shape index (κ1) is 11.6. The average Bonchev–Trinajstić information content (AvgIpc) is 2.98. The van der Waals surface area contributed by atoms with Crippen LogP contribution >= 0.6 is 0 Å². The number of hydrogen-bond donors (Lipinski definition) is 1. The van der Waals surface area contributed by atoms with Crippen LogP contribution < -0.4 is 4.90 Å². The van der Waals surface area contributed by atoms with Gasteiger partial charge in [0.15, 0.2) is 0 Å². The minimum atomic E-state index is -0.643. The van der Waals surface area contributed by atoms with E-state index in [1.54, 1.807) is 0 Å². The predicted molar refractivity (Wildman–Crippen MR) is 71.0 cm³/mol.